The molecule has 0 bridgehead atoms. The molecule has 1 heterocycles. The summed E-state index contributed by atoms with van der Waals surface area (Å²) < 4.78 is 38.4. The van der Waals surface area contributed by atoms with Crippen LogP contribution < -0.4 is 0 Å². The summed E-state index contributed by atoms with van der Waals surface area (Å²) in [5, 5.41) is 0. The Morgan fingerprint density at radius 3 is 2.41 bits per heavy atom. The van der Waals surface area contributed by atoms with E-state index in [-0.39, 0.29) is 36.6 Å². The fourth-order valence-electron chi connectivity index (χ4n) is 1.75. The summed E-state index contributed by atoms with van der Waals surface area (Å²) in [4.78, 5) is 11.0. The molecule has 0 spiro atoms. The van der Waals surface area contributed by atoms with Crippen LogP contribution >= 0.6 is 0 Å². The van der Waals surface area contributed by atoms with Crippen molar-refractivity contribution in [2.45, 2.75) is 17.7 Å². The Labute approximate surface area is 99.1 Å². The van der Waals surface area contributed by atoms with E-state index < -0.39 is 15.8 Å². The summed E-state index contributed by atoms with van der Waals surface area (Å²) >= 11 is 0. The maximum Gasteiger partial charge on any atom is 0.243 e. The number of Topliss-reactive ketones (excluding diaryl/α,β-unsaturated/α-hetero) is 1. The highest BCUT2D eigenvalue weighted by Crippen LogP contribution is 2.19. The number of rotatable bonds is 2. The topological polar surface area (TPSA) is 54.5 Å². The van der Waals surface area contributed by atoms with Gasteiger partial charge in [-0.2, -0.15) is 4.31 Å². The molecule has 1 aliphatic rings. The van der Waals surface area contributed by atoms with Crippen LogP contribution in [-0.4, -0.2) is 31.6 Å². The molecule has 1 saturated heterocycles. The number of carbonyl (C=O) groups is 1. The van der Waals surface area contributed by atoms with E-state index in [9.17, 15) is 17.6 Å². The van der Waals surface area contributed by atoms with Crippen molar-refractivity contribution in [2.24, 2.45) is 0 Å². The van der Waals surface area contributed by atoms with Gasteiger partial charge in [-0.25, -0.2) is 12.8 Å². The predicted molar refractivity (Wildman–Crippen MR) is 59.4 cm³/mol. The number of nitrogens with zero attached hydrogens (tertiary/aromatic N) is 1. The van der Waals surface area contributed by atoms with E-state index in [1.807, 2.05) is 0 Å². The maximum absolute atomic E-state index is 13.0. The summed E-state index contributed by atoms with van der Waals surface area (Å²) in [5.74, 6) is -0.519. The van der Waals surface area contributed by atoms with Crippen molar-refractivity contribution in [1.82, 2.24) is 4.31 Å². The molecule has 2 rings (SSSR count). The first-order chi connectivity index (χ1) is 8.00. The fourth-order valence-corrected chi connectivity index (χ4v) is 3.23. The number of hydrogen-bond donors (Lipinski definition) is 0. The molecule has 1 aliphatic heterocycles. The Morgan fingerprint density at radius 1 is 1.18 bits per heavy atom. The van der Waals surface area contributed by atoms with Crippen LogP contribution in [0.25, 0.3) is 0 Å². The lowest BCUT2D eigenvalue weighted by atomic mass is 10.1. The third-order valence-electron chi connectivity index (χ3n) is 2.71. The van der Waals surface area contributed by atoms with Crippen molar-refractivity contribution >= 4 is 15.8 Å². The van der Waals surface area contributed by atoms with Gasteiger partial charge in [0.25, 0.3) is 0 Å². The Morgan fingerprint density at radius 2 is 1.82 bits per heavy atom. The Balaban J connectivity index is 2.27. The molecule has 1 fully saturated rings. The molecule has 4 nitrogen and oxygen atoms in total. The second-order valence-corrected chi connectivity index (χ2v) is 5.84. The molecular formula is C11H12FNO3S. The van der Waals surface area contributed by atoms with Crippen LogP contribution in [0.3, 0.4) is 0 Å². The zero-order valence-electron chi connectivity index (χ0n) is 9.10. The molecule has 0 aromatic heterocycles. The normalized spacial score (nSPS) is 18.3. The van der Waals surface area contributed by atoms with Crippen LogP contribution in [0.5, 0.6) is 0 Å². The predicted octanol–water partition coefficient (Wildman–Crippen LogP) is 1.18. The highest BCUT2D eigenvalue weighted by atomic mass is 32.2. The first kappa shape index (κ1) is 12.2. The Kier molecular flexibility index (Phi) is 3.26. The van der Waals surface area contributed by atoms with E-state index >= 15 is 0 Å². The quantitative estimate of drug-likeness (QED) is 0.799. The van der Waals surface area contributed by atoms with Gasteiger partial charge in [0, 0.05) is 25.9 Å². The van der Waals surface area contributed by atoms with Crippen molar-refractivity contribution < 1.29 is 17.6 Å². The van der Waals surface area contributed by atoms with Gasteiger partial charge in [-0.05, 0) is 18.2 Å². The minimum absolute atomic E-state index is 0.0631. The van der Waals surface area contributed by atoms with E-state index in [0.717, 1.165) is 6.07 Å². The molecule has 0 amide bonds. The van der Waals surface area contributed by atoms with Gasteiger partial charge in [0.2, 0.25) is 10.0 Å². The smallest absolute Gasteiger partial charge is 0.243 e. The third kappa shape index (κ3) is 2.53. The second kappa shape index (κ2) is 4.54. The van der Waals surface area contributed by atoms with Gasteiger partial charge in [0.05, 0.1) is 4.90 Å². The SMILES string of the molecule is O=C1CCN(S(=O)(=O)c2cccc(F)c2)CC1. The van der Waals surface area contributed by atoms with Crippen molar-refractivity contribution in [3.63, 3.8) is 0 Å². The van der Waals surface area contributed by atoms with Gasteiger partial charge in [-0.1, -0.05) is 6.07 Å². The Bertz CT molecular complexity index is 531. The van der Waals surface area contributed by atoms with Gasteiger partial charge in [-0.15, -0.1) is 0 Å². The number of ketones is 1. The maximum atomic E-state index is 13.0. The van der Waals surface area contributed by atoms with Crippen LogP contribution in [0.4, 0.5) is 4.39 Å². The number of sulfonamides is 1. The molecule has 17 heavy (non-hydrogen) atoms. The van der Waals surface area contributed by atoms with Crippen molar-refractivity contribution in [2.75, 3.05) is 13.1 Å². The largest absolute Gasteiger partial charge is 0.300 e. The lowest BCUT2D eigenvalue weighted by Crippen LogP contribution is -2.38. The summed E-state index contributed by atoms with van der Waals surface area (Å²) in [7, 11) is -3.67. The molecule has 0 N–H and O–H groups in total. The molecule has 6 heteroatoms. The molecule has 92 valence electrons. The minimum Gasteiger partial charge on any atom is -0.300 e. The minimum atomic E-state index is -3.67. The molecular weight excluding hydrogens is 245 g/mol. The van der Waals surface area contributed by atoms with Gasteiger partial charge in [0.1, 0.15) is 11.6 Å². The second-order valence-electron chi connectivity index (χ2n) is 3.90. The highest BCUT2D eigenvalue weighted by molar-refractivity contribution is 7.89. The lowest BCUT2D eigenvalue weighted by Gasteiger charge is -2.25. The summed E-state index contributed by atoms with van der Waals surface area (Å²) in [6, 6.07) is 4.90. The molecule has 1 aromatic carbocycles. The van der Waals surface area contributed by atoms with Crippen molar-refractivity contribution in [3.05, 3.63) is 30.1 Å². The first-order valence-corrected chi connectivity index (χ1v) is 6.71. The molecule has 0 unspecified atom stereocenters. The fraction of sp³-hybridized carbons (Fsp3) is 0.364. The highest BCUT2D eigenvalue weighted by Gasteiger charge is 2.28. The van der Waals surface area contributed by atoms with E-state index in [1.165, 1.54) is 22.5 Å². The summed E-state index contributed by atoms with van der Waals surface area (Å²) in [6.07, 6.45) is 0.461. The monoisotopic (exact) mass is 257 g/mol. The Hall–Kier alpha value is -1.27. The lowest BCUT2D eigenvalue weighted by molar-refractivity contribution is -0.120. The van der Waals surface area contributed by atoms with Crippen LogP contribution in [-0.2, 0) is 14.8 Å². The first-order valence-electron chi connectivity index (χ1n) is 5.27. The van der Waals surface area contributed by atoms with Crippen LogP contribution in [0.15, 0.2) is 29.2 Å². The molecule has 0 saturated carbocycles. The molecule has 1 aromatic rings. The number of carbonyl (C=O) groups excluding carboxylic acids is 1. The number of benzene rings is 1. The van der Waals surface area contributed by atoms with E-state index in [4.69, 9.17) is 0 Å². The molecule has 0 radical (unpaired) electrons. The van der Waals surface area contributed by atoms with Gasteiger partial charge in [-0.3, -0.25) is 4.79 Å². The van der Waals surface area contributed by atoms with Gasteiger partial charge < -0.3 is 0 Å². The molecule has 0 aliphatic carbocycles. The van der Waals surface area contributed by atoms with E-state index in [2.05, 4.69) is 0 Å². The van der Waals surface area contributed by atoms with Crippen molar-refractivity contribution in [1.29, 1.82) is 0 Å². The standard InChI is InChI=1S/C11H12FNO3S/c12-9-2-1-3-11(8-9)17(15,16)13-6-4-10(14)5-7-13/h1-3,8H,4-7H2. The third-order valence-corrected chi connectivity index (χ3v) is 4.61. The van der Waals surface area contributed by atoms with Crippen LogP contribution in [0, 0.1) is 5.82 Å². The number of hydrogen-bond acceptors (Lipinski definition) is 3. The number of piperidine rings is 1. The summed E-state index contributed by atoms with van der Waals surface area (Å²) in [5.41, 5.74) is 0. The molecule has 0 atom stereocenters. The van der Waals surface area contributed by atoms with Gasteiger partial charge in [0.15, 0.2) is 0 Å². The van der Waals surface area contributed by atoms with Gasteiger partial charge >= 0.3 is 0 Å². The van der Waals surface area contributed by atoms with Crippen molar-refractivity contribution in [3.8, 4) is 0 Å². The zero-order chi connectivity index (χ0) is 12.5. The zero-order valence-corrected chi connectivity index (χ0v) is 9.91. The summed E-state index contributed by atoms with van der Waals surface area (Å²) in [6.45, 7) is 0.357. The average molecular weight is 257 g/mol. The van der Waals surface area contributed by atoms with E-state index in [1.54, 1.807) is 0 Å². The number of halogens is 1. The average Bonchev–Trinajstić information content (AvgIpc) is 2.29. The van der Waals surface area contributed by atoms with Crippen LogP contribution in [0.2, 0.25) is 0 Å². The van der Waals surface area contributed by atoms with Crippen LogP contribution in [0.1, 0.15) is 12.8 Å². The van der Waals surface area contributed by atoms with E-state index in [0.29, 0.717) is 0 Å².